The molecular weight excluding hydrogens is 298 g/mol. The van der Waals surface area contributed by atoms with Crippen LogP contribution in [0.1, 0.15) is 12.5 Å². The number of esters is 1. The van der Waals surface area contributed by atoms with E-state index in [-0.39, 0.29) is 34.0 Å². The van der Waals surface area contributed by atoms with Gasteiger partial charge in [0.1, 0.15) is 18.1 Å². The fraction of sp³-hybridized carbons (Fsp3) is 0.143. The van der Waals surface area contributed by atoms with Gasteiger partial charge in [-0.05, 0) is 19.1 Å². The Hall–Kier alpha value is -2.56. The van der Waals surface area contributed by atoms with Gasteiger partial charge in [0.25, 0.3) is 5.69 Å². The van der Waals surface area contributed by atoms with Crippen molar-refractivity contribution in [2.75, 3.05) is 6.61 Å². The lowest BCUT2D eigenvalue weighted by atomic mass is 9.97. The first-order valence-corrected chi connectivity index (χ1v) is 6.35. The van der Waals surface area contributed by atoms with Crippen molar-refractivity contribution in [2.24, 2.45) is 0 Å². The number of hydrogen-bond donors (Lipinski definition) is 0. The van der Waals surface area contributed by atoms with E-state index in [0.717, 1.165) is 0 Å². The molecule has 0 bridgehead atoms. The normalized spacial score (nSPS) is 13.0. The number of hydrogen-bond acceptors (Lipinski definition) is 5. The van der Waals surface area contributed by atoms with Crippen molar-refractivity contribution in [3.05, 3.63) is 62.7 Å². The summed E-state index contributed by atoms with van der Waals surface area (Å²) in [5, 5.41) is 11.4. The molecule has 108 valence electrons. The summed E-state index contributed by atoms with van der Waals surface area (Å²) in [5.74, 6) is -0.632. The topological polar surface area (TPSA) is 78.7 Å². The summed E-state index contributed by atoms with van der Waals surface area (Å²) in [4.78, 5) is 22.5. The number of nitro groups is 1. The first-order chi connectivity index (χ1) is 10.0. The number of nitro benzene ring substituents is 1. The summed E-state index contributed by atoms with van der Waals surface area (Å²) in [6, 6.07) is 4.15. The Labute approximate surface area is 125 Å². The molecule has 2 rings (SSSR count). The highest BCUT2D eigenvalue weighted by molar-refractivity contribution is 6.31. The molecule has 0 aromatic heterocycles. The van der Waals surface area contributed by atoms with Crippen LogP contribution in [0, 0.1) is 10.1 Å². The van der Waals surface area contributed by atoms with Crippen molar-refractivity contribution in [1.29, 1.82) is 0 Å². The van der Waals surface area contributed by atoms with Crippen molar-refractivity contribution < 1.29 is 19.2 Å². The zero-order valence-corrected chi connectivity index (χ0v) is 11.7. The molecule has 0 atom stereocenters. The van der Waals surface area contributed by atoms with Gasteiger partial charge in [-0.2, -0.15) is 0 Å². The highest BCUT2D eigenvalue weighted by atomic mass is 35.5. The van der Waals surface area contributed by atoms with Gasteiger partial charge in [0.05, 0.1) is 17.1 Å². The van der Waals surface area contributed by atoms with Crippen molar-refractivity contribution in [2.45, 2.75) is 6.92 Å². The predicted molar refractivity (Wildman–Crippen MR) is 75.4 cm³/mol. The SMILES string of the molecule is CCOC(=O)C1=C=COC=C1c1ccc(Cl)cc1[N+](=O)[O-]. The lowest BCUT2D eigenvalue weighted by Gasteiger charge is -2.12. The molecular formula is C14H10ClNO5. The third-order valence-electron chi connectivity index (χ3n) is 2.65. The molecule has 1 aliphatic heterocycles. The first kappa shape index (κ1) is 14.8. The summed E-state index contributed by atoms with van der Waals surface area (Å²) in [6.45, 7) is 1.84. The molecule has 1 aromatic carbocycles. The van der Waals surface area contributed by atoms with E-state index in [9.17, 15) is 14.9 Å². The predicted octanol–water partition coefficient (Wildman–Crippen LogP) is 3.22. The van der Waals surface area contributed by atoms with Gasteiger partial charge in [0, 0.05) is 16.7 Å². The Morgan fingerprint density at radius 3 is 2.95 bits per heavy atom. The number of rotatable bonds is 4. The summed E-state index contributed by atoms with van der Waals surface area (Å²) >= 11 is 5.77. The van der Waals surface area contributed by atoms with Gasteiger partial charge in [-0.25, -0.2) is 4.79 Å². The Kier molecular flexibility index (Phi) is 4.42. The molecule has 0 N–H and O–H groups in total. The van der Waals surface area contributed by atoms with Crippen molar-refractivity contribution in [1.82, 2.24) is 0 Å². The fourth-order valence-electron chi connectivity index (χ4n) is 1.79. The van der Waals surface area contributed by atoms with Gasteiger partial charge in [0.2, 0.25) is 0 Å². The minimum atomic E-state index is -0.632. The van der Waals surface area contributed by atoms with Crippen LogP contribution in [0.3, 0.4) is 0 Å². The molecule has 0 spiro atoms. The number of halogens is 1. The van der Waals surface area contributed by atoms with Gasteiger partial charge in [-0.1, -0.05) is 17.3 Å². The molecule has 1 aliphatic rings. The summed E-state index contributed by atoms with van der Waals surface area (Å²) < 4.78 is 9.88. The average molecular weight is 308 g/mol. The van der Waals surface area contributed by atoms with Crippen LogP contribution in [0.4, 0.5) is 5.69 Å². The molecule has 6 nitrogen and oxygen atoms in total. The Balaban J connectivity index is 2.53. The highest BCUT2D eigenvalue weighted by Crippen LogP contribution is 2.34. The van der Waals surface area contributed by atoms with Crippen molar-refractivity contribution in [3.63, 3.8) is 0 Å². The molecule has 0 unspecified atom stereocenters. The Morgan fingerprint density at radius 2 is 2.29 bits per heavy atom. The zero-order chi connectivity index (χ0) is 15.4. The van der Waals surface area contributed by atoms with Crippen LogP contribution in [0.2, 0.25) is 5.02 Å². The molecule has 0 fully saturated rings. The summed E-state index contributed by atoms with van der Waals surface area (Å²) in [7, 11) is 0. The molecule has 1 heterocycles. The van der Waals surface area contributed by atoms with E-state index in [0.29, 0.717) is 0 Å². The molecule has 0 amide bonds. The van der Waals surface area contributed by atoms with Gasteiger partial charge in [0.15, 0.2) is 0 Å². The van der Waals surface area contributed by atoms with Crippen LogP contribution < -0.4 is 0 Å². The molecule has 7 heteroatoms. The van der Waals surface area contributed by atoms with Gasteiger partial charge in [-0.15, -0.1) is 0 Å². The largest absolute Gasteiger partial charge is 0.464 e. The monoisotopic (exact) mass is 307 g/mol. The van der Waals surface area contributed by atoms with Crippen LogP contribution >= 0.6 is 11.6 Å². The van der Waals surface area contributed by atoms with Gasteiger partial charge < -0.3 is 9.47 Å². The zero-order valence-electron chi connectivity index (χ0n) is 11.0. The summed E-state index contributed by atoms with van der Waals surface area (Å²) in [5.41, 5.74) is 2.86. The van der Waals surface area contributed by atoms with Gasteiger partial charge in [-0.3, -0.25) is 10.1 Å². The maximum Gasteiger partial charge on any atom is 0.346 e. The Bertz CT molecular complexity index is 701. The third kappa shape index (κ3) is 3.13. The van der Waals surface area contributed by atoms with E-state index in [1.165, 1.54) is 30.7 Å². The molecule has 1 aromatic rings. The van der Waals surface area contributed by atoms with Crippen LogP contribution in [0.25, 0.3) is 5.57 Å². The lowest BCUT2D eigenvalue weighted by molar-refractivity contribution is -0.385. The van der Waals surface area contributed by atoms with E-state index >= 15 is 0 Å². The molecule has 21 heavy (non-hydrogen) atoms. The third-order valence-corrected chi connectivity index (χ3v) is 2.89. The second-order valence-electron chi connectivity index (χ2n) is 3.94. The minimum absolute atomic E-state index is 0.0634. The molecule has 0 aliphatic carbocycles. The summed E-state index contributed by atoms with van der Waals surface area (Å²) in [6.07, 6.45) is 2.41. The van der Waals surface area contributed by atoms with E-state index in [1.54, 1.807) is 6.92 Å². The minimum Gasteiger partial charge on any atom is -0.464 e. The Morgan fingerprint density at radius 1 is 1.52 bits per heavy atom. The van der Waals surface area contributed by atoms with Crippen LogP contribution in [-0.4, -0.2) is 17.5 Å². The van der Waals surface area contributed by atoms with E-state index in [2.05, 4.69) is 5.73 Å². The lowest BCUT2D eigenvalue weighted by Crippen LogP contribution is -2.11. The fourth-order valence-corrected chi connectivity index (χ4v) is 1.95. The number of carbonyl (C=O) groups excluding carboxylic acids is 1. The van der Waals surface area contributed by atoms with E-state index in [1.807, 2.05) is 0 Å². The maximum atomic E-state index is 11.9. The standard InChI is InChI=1S/C14H10ClNO5/c1-2-21-14(17)11-5-6-20-8-12(11)10-4-3-9(15)7-13(10)16(18)19/h3-4,6-8H,2H2,1H3. The van der Waals surface area contributed by atoms with Gasteiger partial charge >= 0.3 is 5.97 Å². The number of benzene rings is 1. The molecule has 0 radical (unpaired) electrons. The maximum absolute atomic E-state index is 11.9. The highest BCUT2D eigenvalue weighted by Gasteiger charge is 2.26. The van der Waals surface area contributed by atoms with Crippen LogP contribution in [-0.2, 0) is 14.3 Å². The first-order valence-electron chi connectivity index (χ1n) is 5.97. The second kappa shape index (κ2) is 6.26. The molecule has 0 saturated heterocycles. The second-order valence-corrected chi connectivity index (χ2v) is 4.38. The van der Waals surface area contributed by atoms with Crippen molar-refractivity contribution >= 4 is 28.8 Å². The van der Waals surface area contributed by atoms with Crippen molar-refractivity contribution in [3.8, 4) is 0 Å². The van der Waals surface area contributed by atoms with E-state index in [4.69, 9.17) is 21.1 Å². The van der Waals surface area contributed by atoms with E-state index < -0.39 is 10.9 Å². The quantitative estimate of drug-likeness (QED) is 0.369. The van der Waals surface area contributed by atoms with Crippen LogP contribution in [0.5, 0.6) is 0 Å². The van der Waals surface area contributed by atoms with Crippen LogP contribution in [0.15, 0.2) is 42.0 Å². The number of ether oxygens (including phenoxy) is 2. The smallest absolute Gasteiger partial charge is 0.346 e. The molecule has 0 saturated carbocycles. The average Bonchev–Trinajstić information content (AvgIpc) is 2.47. The number of nitrogens with zero attached hydrogens (tertiary/aromatic N) is 1. The number of carbonyl (C=O) groups is 1.